The molecule has 0 aliphatic heterocycles. The summed E-state index contributed by atoms with van der Waals surface area (Å²) in [5.41, 5.74) is 3.57. The Bertz CT molecular complexity index is 608. The molecule has 2 aromatic rings. The minimum Gasteiger partial charge on any atom is -0.484 e. The Morgan fingerprint density at radius 3 is 2.75 bits per heavy atom. The van der Waals surface area contributed by atoms with Crippen LogP contribution in [0, 0.1) is 6.92 Å². The SMILES string of the molecule is Cc1ccc(OCC(=O)NN=Cc2ccc(Br)s2)cc1. The Balaban J connectivity index is 1.75. The van der Waals surface area contributed by atoms with Crippen LogP contribution in [0.5, 0.6) is 5.75 Å². The fourth-order valence-electron chi connectivity index (χ4n) is 1.38. The molecule has 0 atom stereocenters. The number of nitrogens with one attached hydrogen (secondary N) is 1. The summed E-state index contributed by atoms with van der Waals surface area (Å²) >= 11 is 4.89. The number of rotatable bonds is 5. The van der Waals surface area contributed by atoms with Crippen LogP contribution in [-0.4, -0.2) is 18.7 Å². The molecular weight excluding hydrogens is 340 g/mol. The Hall–Kier alpha value is -1.66. The molecule has 0 saturated heterocycles. The monoisotopic (exact) mass is 352 g/mol. The average Bonchev–Trinajstić information content (AvgIpc) is 2.84. The zero-order valence-corrected chi connectivity index (χ0v) is 13.2. The van der Waals surface area contributed by atoms with Gasteiger partial charge in [-0.2, -0.15) is 5.10 Å². The molecule has 4 nitrogen and oxygen atoms in total. The van der Waals surface area contributed by atoms with Crippen molar-refractivity contribution in [3.8, 4) is 5.75 Å². The predicted octanol–water partition coefficient (Wildman–Crippen LogP) is 3.35. The highest BCUT2D eigenvalue weighted by molar-refractivity contribution is 9.11. The zero-order valence-electron chi connectivity index (χ0n) is 10.8. The second-order valence-corrected chi connectivity index (χ2v) is 6.53. The summed E-state index contributed by atoms with van der Waals surface area (Å²) < 4.78 is 6.36. The summed E-state index contributed by atoms with van der Waals surface area (Å²) in [6, 6.07) is 11.4. The number of halogens is 1. The molecule has 0 aliphatic rings. The van der Waals surface area contributed by atoms with E-state index in [4.69, 9.17) is 4.74 Å². The maximum Gasteiger partial charge on any atom is 0.277 e. The molecule has 1 heterocycles. The van der Waals surface area contributed by atoms with Crippen molar-refractivity contribution in [3.63, 3.8) is 0 Å². The number of thiophene rings is 1. The summed E-state index contributed by atoms with van der Waals surface area (Å²) in [6.45, 7) is 1.93. The Kier molecular flexibility index (Phi) is 5.31. The molecule has 1 N–H and O–H groups in total. The van der Waals surface area contributed by atoms with Gasteiger partial charge in [-0.15, -0.1) is 11.3 Å². The third-order valence-electron chi connectivity index (χ3n) is 2.37. The van der Waals surface area contributed by atoms with Gasteiger partial charge in [0.1, 0.15) is 5.75 Å². The second kappa shape index (κ2) is 7.21. The predicted molar refractivity (Wildman–Crippen MR) is 84.4 cm³/mol. The fourth-order valence-corrected chi connectivity index (χ4v) is 2.68. The van der Waals surface area contributed by atoms with Gasteiger partial charge in [0.15, 0.2) is 6.61 Å². The van der Waals surface area contributed by atoms with Crippen molar-refractivity contribution in [1.29, 1.82) is 0 Å². The molecule has 1 aromatic heterocycles. The van der Waals surface area contributed by atoms with Gasteiger partial charge in [0, 0.05) is 4.88 Å². The molecule has 20 heavy (non-hydrogen) atoms. The lowest BCUT2D eigenvalue weighted by Gasteiger charge is -2.04. The highest BCUT2D eigenvalue weighted by Crippen LogP contribution is 2.20. The van der Waals surface area contributed by atoms with E-state index in [2.05, 4.69) is 26.5 Å². The Morgan fingerprint density at radius 2 is 2.10 bits per heavy atom. The van der Waals surface area contributed by atoms with Crippen LogP contribution in [0.2, 0.25) is 0 Å². The van der Waals surface area contributed by atoms with E-state index >= 15 is 0 Å². The third kappa shape index (κ3) is 4.79. The Morgan fingerprint density at radius 1 is 1.35 bits per heavy atom. The van der Waals surface area contributed by atoms with E-state index in [0.717, 1.165) is 14.2 Å². The van der Waals surface area contributed by atoms with Gasteiger partial charge >= 0.3 is 0 Å². The summed E-state index contributed by atoms with van der Waals surface area (Å²) in [7, 11) is 0. The number of hydrogen-bond donors (Lipinski definition) is 1. The average molecular weight is 353 g/mol. The van der Waals surface area contributed by atoms with Gasteiger partial charge in [0.25, 0.3) is 5.91 Å². The van der Waals surface area contributed by atoms with E-state index in [1.165, 1.54) is 11.3 Å². The highest BCUT2D eigenvalue weighted by Gasteiger charge is 2.01. The summed E-state index contributed by atoms with van der Waals surface area (Å²) in [5, 5.41) is 3.87. The maximum absolute atomic E-state index is 11.5. The largest absolute Gasteiger partial charge is 0.484 e. The highest BCUT2D eigenvalue weighted by atomic mass is 79.9. The van der Waals surface area contributed by atoms with Crippen LogP contribution in [0.25, 0.3) is 0 Å². The first-order valence-corrected chi connectivity index (χ1v) is 7.51. The molecule has 0 fully saturated rings. The maximum atomic E-state index is 11.5. The van der Waals surface area contributed by atoms with Crippen LogP contribution in [-0.2, 0) is 4.79 Å². The smallest absolute Gasteiger partial charge is 0.277 e. The molecule has 0 bridgehead atoms. The number of hydrogen-bond acceptors (Lipinski definition) is 4. The lowest BCUT2D eigenvalue weighted by atomic mass is 10.2. The molecule has 1 aromatic carbocycles. The van der Waals surface area contributed by atoms with Crippen molar-refractivity contribution in [1.82, 2.24) is 5.43 Å². The van der Waals surface area contributed by atoms with Crippen LogP contribution >= 0.6 is 27.3 Å². The molecule has 0 spiro atoms. The zero-order chi connectivity index (χ0) is 14.4. The second-order valence-electron chi connectivity index (χ2n) is 4.04. The van der Waals surface area contributed by atoms with E-state index in [1.54, 1.807) is 6.21 Å². The van der Waals surface area contributed by atoms with Gasteiger partial charge in [-0.1, -0.05) is 17.7 Å². The molecule has 0 aliphatic carbocycles. The van der Waals surface area contributed by atoms with Crippen molar-refractivity contribution in [2.45, 2.75) is 6.92 Å². The van der Waals surface area contributed by atoms with E-state index < -0.39 is 0 Å². The topological polar surface area (TPSA) is 50.7 Å². The van der Waals surface area contributed by atoms with Crippen molar-refractivity contribution in [3.05, 3.63) is 50.6 Å². The molecule has 0 unspecified atom stereocenters. The van der Waals surface area contributed by atoms with Gasteiger partial charge in [0.05, 0.1) is 10.0 Å². The minimum atomic E-state index is -0.294. The third-order valence-corrected chi connectivity index (χ3v) is 3.92. The quantitative estimate of drug-likeness (QED) is 0.662. The first-order valence-electron chi connectivity index (χ1n) is 5.90. The number of carbonyl (C=O) groups excluding carboxylic acids is 1. The molecule has 6 heteroatoms. The number of amides is 1. The number of carbonyl (C=O) groups is 1. The first kappa shape index (κ1) is 14.7. The van der Waals surface area contributed by atoms with E-state index in [1.807, 2.05) is 43.3 Å². The molecule has 0 saturated carbocycles. The summed E-state index contributed by atoms with van der Waals surface area (Å²) in [5.74, 6) is 0.370. The first-order chi connectivity index (χ1) is 9.63. The Labute approximate surface area is 129 Å². The number of hydrazone groups is 1. The number of aryl methyl sites for hydroxylation is 1. The number of nitrogens with zero attached hydrogens (tertiary/aromatic N) is 1. The van der Waals surface area contributed by atoms with Crippen LogP contribution in [0.3, 0.4) is 0 Å². The van der Waals surface area contributed by atoms with Crippen molar-refractivity contribution in [2.75, 3.05) is 6.61 Å². The molecule has 2 rings (SSSR count). The number of ether oxygens (including phenoxy) is 1. The lowest BCUT2D eigenvalue weighted by Crippen LogP contribution is -2.24. The van der Waals surface area contributed by atoms with Gasteiger partial charge in [0.2, 0.25) is 0 Å². The lowest BCUT2D eigenvalue weighted by molar-refractivity contribution is -0.123. The van der Waals surface area contributed by atoms with Crippen LogP contribution < -0.4 is 10.2 Å². The molecule has 0 radical (unpaired) electrons. The van der Waals surface area contributed by atoms with Gasteiger partial charge < -0.3 is 4.74 Å². The van der Waals surface area contributed by atoms with Crippen LogP contribution in [0.1, 0.15) is 10.4 Å². The normalized spacial score (nSPS) is 10.7. The van der Waals surface area contributed by atoms with E-state index in [-0.39, 0.29) is 12.5 Å². The van der Waals surface area contributed by atoms with Gasteiger partial charge in [-0.3, -0.25) is 4.79 Å². The molecule has 1 amide bonds. The van der Waals surface area contributed by atoms with Crippen molar-refractivity contribution >= 4 is 39.4 Å². The minimum absolute atomic E-state index is 0.0610. The van der Waals surface area contributed by atoms with Crippen LogP contribution in [0.15, 0.2) is 45.3 Å². The molecule has 104 valence electrons. The van der Waals surface area contributed by atoms with Crippen LogP contribution in [0.4, 0.5) is 0 Å². The summed E-state index contributed by atoms with van der Waals surface area (Å²) in [4.78, 5) is 12.5. The van der Waals surface area contributed by atoms with E-state index in [0.29, 0.717) is 5.75 Å². The van der Waals surface area contributed by atoms with Gasteiger partial charge in [-0.05, 0) is 47.1 Å². The fraction of sp³-hybridized carbons (Fsp3) is 0.143. The molecular formula is C14H13BrN2O2S. The van der Waals surface area contributed by atoms with E-state index in [9.17, 15) is 4.79 Å². The standard InChI is InChI=1S/C14H13BrN2O2S/c1-10-2-4-11(5-3-10)19-9-14(18)17-16-8-12-6-7-13(15)20-12/h2-8H,9H2,1H3,(H,17,18). The van der Waals surface area contributed by atoms with Crippen molar-refractivity contribution < 1.29 is 9.53 Å². The van der Waals surface area contributed by atoms with Crippen molar-refractivity contribution in [2.24, 2.45) is 5.10 Å². The number of benzene rings is 1. The van der Waals surface area contributed by atoms with Gasteiger partial charge in [-0.25, -0.2) is 5.43 Å². The summed E-state index contributed by atoms with van der Waals surface area (Å²) in [6.07, 6.45) is 1.60.